The van der Waals surface area contributed by atoms with E-state index in [1.54, 1.807) is 0 Å². The van der Waals surface area contributed by atoms with E-state index in [1.807, 2.05) is 11.4 Å². The second-order valence-electron chi connectivity index (χ2n) is 3.44. The lowest BCUT2D eigenvalue weighted by atomic mass is 10.0. The summed E-state index contributed by atoms with van der Waals surface area (Å²) in [4.78, 5) is 12.7. The highest BCUT2D eigenvalue weighted by Gasteiger charge is 2.48. The van der Waals surface area contributed by atoms with Crippen molar-refractivity contribution in [3.05, 3.63) is 20.8 Å². The van der Waals surface area contributed by atoms with Crippen molar-refractivity contribution in [2.45, 2.75) is 12.8 Å². The fraction of sp³-hybridized carbons (Fsp3) is 0.444. The van der Waals surface area contributed by atoms with Crippen LogP contribution in [-0.2, 0) is 0 Å². The molecule has 2 nitrogen and oxygen atoms in total. The molecule has 0 radical (unpaired) electrons. The van der Waals surface area contributed by atoms with Gasteiger partial charge < -0.3 is 5.73 Å². The Kier molecular flexibility index (Phi) is 2.30. The first-order valence-electron chi connectivity index (χ1n) is 4.17. The SMILES string of the molecule is NCC1(C(=O)c2cc(Br)cs2)CC1. The molecule has 1 heterocycles. The lowest BCUT2D eigenvalue weighted by Gasteiger charge is -2.07. The van der Waals surface area contributed by atoms with Gasteiger partial charge in [-0.3, -0.25) is 4.79 Å². The molecular formula is C9H10BrNOS. The third-order valence-corrected chi connectivity index (χ3v) is 4.21. The molecule has 0 aromatic carbocycles. The van der Waals surface area contributed by atoms with Crippen molar-refractivity contribution in [1.82, 2.24) is 0 Å². The molecule has 1 aliphatic rings. The van der Waals surface area contributed by atoms with Crippen LogP contribution in [0.3, 0.4) is 0 Å². The lowest BCUT2D eigenvalue weighted by Crippen LogP contribution is -2.24. The average molecular weight is 260 g/mol. The van der Waals surface area contributed by atoms with Gasteiger partial charge in [0.15, 0.2) is 5.78 Å². The normalized spacial score (nSPS) is 18.6. The molecule has 1 aromatic heterocycles. The highest BCUT2D eigenvalue weighted by Crippen LogP contribution is 2.48. The Morgan fingerprint density at radius 2 is 2.38 bits per heavy atom. The summed E-state index contributed by atoms with van der Waals surface area (Å²) in [5, 5.41) is 1.93. The molecule has 0 bridgehead atoms. The van der Waals surface area contributed by atoms with Crippen molar-refractivity contribution in [1.29, 1.82) is 0 Å². The maximum atomic E-state index is 11.9. The van der Waals surface area contributed by atoms with Crippen LogP contribution in [0, 0.1) is 5.41 Å². The monoisotopic (exact) mass is 259 g/mol. The maximum Gasteiger partial charge on any atom is 0.180 e. The number of ketones is 1. The van der Waals surface area contributed by atoms with Gasteiger partial charge in [0.1, 0.15) is 0 Å². The number of Topliss-reactive ketones (excluding diaryl/α,β-unsaturated/α-hetero) is 1. The molecule has 0 amide bonds. The van der Waals surface area contributed by atoms with Crippen LogP contribution in [0.15, 0.2) is 15.9 Å². The third kappa shape index (κ3) is 1.58. The fourth-order valence-electron chi connectivity index (χ4n) is 1.37. The minimum atomic E-state index is -0.204. The Labute approximate surface area is 89.3 Å². The number of hydrogen-bond acceptors (Lipinski definition) is 3. The molecule has 2 N–H and O–H groups in total. The highest BCUT2D eigenvalue weighted by molar-refractivity contribution is 9.10. The van der Waals surface area contributed by atoms with Gasteiger partial charge in [-0.1, -0.05) is 0 Å². The molecule has 1 aliphatic carbocycles. The zero-order chi connectivity index (χ0) is 9.47. The number of carbonyl (C=O) groups excluding carboxylic acids is 1. The summed E-state index contributed by atoms with van der Waals surface area (Å²) in [5.74, 6) is 0.228. The smallest absolute Gasteiger partial charge is 0.180 e. The van der Waals surface area contributed by atoms with E-state index < -0.39 is 0 Å². The Balaban J connectivity index is 2.23. The van der Waals surface area contributed by atoms with E-state index in [-0.39, 0.29) is 11.2 Å². The zero-order valence-corrected chi connectivity index (χ0v) is 9.45. The van der Waals surface area contributed by atoms with Crippen LogP contribution in [0.2, 0.25) is 0 Å². The average Bonchev–Trinajstić information content (AvgIpc) is 2.82. The standard InChI is InChI=1S/C9H10BrNOS/c10-6-3-7(13-4-6)8(12)9(5-11)1-2-9/h3-4H,1-2,5,11H2. The van der Waals surface area contributed by atoms with Gasteiger partial charge in [0, 0.05) is 21.8 Å². The third-order valence-electron chi connectivity index (χ3n) is 2.52. The molecule has 0 spiro atoms. The Morgan fingerprint density at radius 1 is 1.69 bits per heavy atom. The first-order valence-corrected chi connectivity index (χ1v) is 5.84. The maximum absolute atomic E-state index is 11.9. The molecule has 13 heavy (non-hydrogen) atoms. The molecule has 0 unspecified atom stereocenters. The summed E-state index contributed by atoms with van der Waals surface area (Å²) in [5.41, 5.74) is 5.38. The second kappa shape index (κ2) is 3.19. The Bertz CT molecular complexity index is 343. The summed E-state index contributed by atoms with van der Waals surface area (Å²) in [6.07, 6.45) is 1.91. The van der Waals surface area contributed by atoms with Crippen molar-refractivity contribution in [2.75, 3.05) is 6.54 Å². The predicted octanol–water partition coefficient (Wildman–Crippen LogP) is 2.43. The van der Waals surface area contributed by atoms with Gasteiger partial charge in [-0.05, 0) is 34.8 Å². The lowest BCUT2D eigenvalue weighted by molar-refractivity contribution is 0.0910. The van der Waals surface area contributed by atoms with Crippen LogP contribution in [-0.4, -0.2) is 12.3 Å². The number of rotatable bonds is 3. The first-order chi connectivity index (χ1) is 6.18. The topological polar surface area (TPSA) is 43.1 Å². The highest BCUT2D eigenvalue weighted by atomic mass is 79.9. The quantitative estimate of drug-likeness (QED) is 0.848. The van der Waals surface area contributed by atoms with Gasteiger partial charge in [0.05, 0.1) is 4.88 Å². The molecule has 1 fully saturated rings. The minimum Gasteiger partial charge on any atom is -0.329 e. The van der Waals surface area contributed by atoms with E-state index >= 15 is 0 Å². The molecule has 1 aromatic rings. The van der Waals surface area contributed by atoms with E-state index in [9.17, 15) is 4.79 Å². The molecular weight excluding hydrogens is 250 g/mol. The van der Waals surface area contributed by atoms with Crippen molar-refractivity contribution in [3.8, 4) is 0 Å². The summed E-state index contributed by atoms with van der Waals surface area (Å²) < 4.78 is 0.980. The van der Waals surface area contributed by atoms with Crippen molar-refractivity contribution in [2.24, 2.45) is 11.1 Å². The van der Waals surface area contributed by atoms with Gasteiger partial charge in [-0.25, -0.2) is 0 Å². The van der Waals surface area contributed by atoms with Crippen LogP contribution in [0.5, 0.6) is 0 Å². The van der Waals surface area contributed by atoms with E-state index in [0.29, 0.717) is 6.54 Å². The van der Waals surface area contributed by atoms with Gasteiger partial charge in [-0.2, -0.15) is 0 Å². The molecule has 70 valence electrons. The van der Waals surface area contributed by atoms with Crippen LogP contribution in [0.25, 0.3) is 0 Å². The van der Waals surface area contributed by atoms with E-state index in [2.05, 4.69) is 15.9 Å². The van der Waals surface area contributed by atoms with Crippen LogP contribution < -0.4 is 5.73 Å². The molecule has 0 saturated heterocycles. The second-order valence-corrected chi connectivity index (χ2v) is 5.27. The van der Waals surface area contributed by atoms with Crippen molar-refractivity contribution < 1.29 is 4.79 Å². The van der Waals surface area contributed by atoms with Gasteiger partial charge >= 0.3 is 0 Å². The number of nitrogens with two attached hydrogens (primary N) is 1. The largest absolute Gasteiger partial charge is 0.329 e. The molecule has 0 atom stereocenters. The number of carbonyl (C=O) groups is 1. The summed E-state index contributed by atoms with van der Waals surface area (Å²) in [7, 11) is 0. The first kappa shape index (κ1) is 9.37. The molecule has 4 heteroatoms. The van der Waals surface area contributed by atoms with Crippen LogP contribution in [0.1, 0.15) is 22.5 Å². The zero-order valence-electron chi connectivity index (χ0n) is 7.05. The number of halogens is 1. The van der Waals surface area contributed by atoms with Crippen molar-refractivity contribution >= 4 is 33.0 Å². The predicted molar refractivity (Wildman–Crippen MR) is 57.1 cm³/mol. The van der Waals surface area contributed by atoms with E-state index in [0.717, 1.165) is 22.2 Å². The minimum absolute atomic E-state index is 0.204. The summed E-state index contributed by atoms with van der Waals surface area (Å²) in [6, 6.07) is 1.88. The van der Waals surface area contributed by atoms with Gasteiger partial charge in [0.25, 0.3) is 0 Å². The van der Waals surface area contributed by atoms with E-state index in [4.69, 9.17) is 5.73 Å². The van der Waals surface area contributed by atoms with Crippen LogP contribution in [0.4, 0.5) is 0 Å². The van der Waals surface area contributed by atoms with Gasteiger partial charge in [-0.15, -0.1) is 11.3 Å². The molecule has 0 aliphatic heterocycles. The molecule has 2 rings (SSSR count). The fourth-order valence-corrected chi connectivity index (χ4v) is 2.86. The Morgan fingerprint density at radius 3 is 2.77 bits per heavy atom. The van der Waals surface area contributed by atoms with Crippen LogP contribution >= 0.6 is 27.3 Å². The summed E-state index contributed by atoms with van der Waals surface area (Å²) >= 11 is 4.82. The Hall–Kier alpha value is -0.190. The van der Waals surface area contributed by atoms with Gasteiger partial charge in [0.2, 0.25) is 0 Å². The van der Waals surface area contributed by atoms with E-state index in [1.165, 1.54) is 11.3 Å². The van der Waals surface area contributed by atoms with Crippen molar-refractivity contribution in [3.63, 3.8) is 0 Å². The summed E-state index contributed by atoms with van der Waals surface area (Å²) in [6.45, 7) is 0.487. The number of thiophene rings is 1. The molecule has 1 saturated carbocycles. The number of hydrogen-bond donors (Lipinski definition) is 1.